The van der Waals surface area contributed by atoms with Crippen LogP contribution in [-0.4, -0.2) is 45.8 Å². The Kier molecular flexibility index (Phi) is 2.10. The number of aldehydes is 1. The molecule has 1 aromatic heterocycles. The van der Waals surface area contributed by atoms with Crippen molar-refractivity contribution in [1.29, 1.82) is 0 Å². The van der Waals surface area contributed by atoms with Crippen LogP contribution in [0.1, 0.15) is 23.5 Å². The number of carbonyl (C=O) groups is 1. The van der Waals surface area contributed by atoms with Crippen molar-refractivity contribution in [3.8, 4) is 0 Å². The maximum absolute atomic E-state index is 10.3. The van der Waals surface area contributed by atoms with Gasteiger partial charge >= 0.3 is 0 Å². The van der Waals surface area contributed by atoms with E-state index < -0.39 is 0 Å². The highest BCUT2D eigenvalue weighted by atomic mass is 16.1. The Morgan fingerprint density at radius 2 is 2.46 bits per heavy atom. The molecule has 1 aliphatic heterocycles. The molecule has 0 bridgehead atoms. The van der Waals surface area contributed by atoms with Crippen molar-refractivity contribution in [1.82, 2.24) is 19.9 Å². The summed E-state index contributed by atoms with van der Waals surface area (Å²) in [7, 11) is 0. The SMILES string of the molecule is CCN1CC(n2cc(C=O)nn2)C1. The van der Waals surface area contributed by atoms with Gasteiger partial charge in [-0.25, -0.2) is 4.68 Å². The first-order valence-electron chi connectivity index (χ1n) is 4.43. The summed E-state index contributed by atoms with van der Waals surface area (Å²) in [4.78, 5) is 12.7. The minimum atomic E-state index is 0.404. The lowest BCUT2D eigenvalue weighted by atomic mass is 10.1. The molecule has 13 heavy (non-hydrogen) atoms. The Labute approximate surface area is 76.3 Å². The summed E-state index contributed by atoms with van der Waals surface area (Å²) in [5.74, 6) is 0. The summed E-state index contributed by atoms with van der Waals surface area (Å²) in [5.41, 5.74) is 0.412. The lowest BCUT2D eigenvalue weighted by Crippen LogP contribution is -2.47. The molecule has 0 saturated carbocycles. The molecule has 0 aliphatic carbocycles. The van der Waals surface area contributed by atoms with Gasteiger partial charge in [-0.1, -0.05) is 12.1 Å². The molecule has 0 spiro atoms. The van der Waals surface area contributed by atoms with E-state index in [2.05, 4.69) is 22.1 Å². The van der Waals surface area contributed by atoms with Crippen LogP contribution in [0.5, 0.6) is 0 Å². The first-order chi connectivity index (χ1) is 6.33. The van der Waals surface area contributed by atoms with Crippen molar-refractivity contribution >= 4 is 6.29 Å². The molecular formula is C8H12N4O. The van der Waals surface area contributed by atoms with Crippen LogP contribution in [0.4, 0.5) is 0 Å². The molecule has 0 unspecified atom stereocenters. The first kappa shape index (κ1) is 8.37. The highest BCUT2D eigenvalue weighted by Crippen LogP contribution is 2.18. The Hall–Kier alpha value is -1.23. The van der Waals surface area contributed by atoms with Gasteiger partial charge in [0, 0.05) is 13.1 Å². The Morgan fingerprint density at radius 3 is 3.00 bits per heavy atom. The number of rotatable bonds is 3. The zero-order chi connectivity index (χ0) is 9.26. The van der Waals surface area contributed by atoms with E-state index in [9.17, 15) is 4.79 Å². The van der Waals surface area contributed by atoms with Gasteiger partial charge in [0.2, 0.25) is 0 Å². The fourth-order valence-corrected chi connectivity index (χ4v) is 1.49. The van der Waals surface area contributed by atoms with Crippen molar-refractivity contribution < 1.29 is 4.79 Å². The van der Waals surface area contributed by atoms with Crippen LogP contribution in [0.2, 0.25) is 0 Å². The molecule has 0 amide bonds. The van der Waals surface area contributed by atoms with Gasteiger partial charge in [0.1, 0.15) is 5.69 Å². The number of likely N-dealkylation sites (tertiary alicyclic amines) is 1. The van der Waals surface area contributed by atoms with E-state index in [1.54, 1.807) is 10.9 Å². The third-order valence-electron chi connectivity index (χ3n) is 2.41. The summed E-state index contributed by atoms with van der Waals surface area (Å²) in [6, 6.07) is 0.404. The van der Waals surface area contributed by atoms with Gasteiger partial charge < -0.3 is 0 Å². The zero-order valence-electron chi connectivity index (χ0n) is 7.55. The fraction of sp³-hybridized carbons (Fsp3) is 0.625. The summed E-state index contributed by atoms with van der Waals surface area (Å²) in [5, 5.41) is 7.60. The number of nitrogens with zero attached hydrogens (tertiary/aromatic N) is 4. The van der Waals surface area contributed by atoms with Crippen molar-refractivity contribution in [2.75, 3.05) is 19.6 Å². The summed E-state index contributed by atoms with van der Waals surface area (Å²) in [6.45, 7) is 5.23. The van der Waals surface area contributed by atoms with Crippen LogP contribution in [-0.2, 0) is 0 Å². The average molecular weight is 180 g/mol. The topological polar surface area (TPSA) is 51.0 Å². The van der Waals surface area contributed by atoms with E-state index in [1.807, 2.05) is 0 Å². The molecular weight excluding hydrogens is 168 g/mol. The van der Waals surface area contributed by atoms with E-state index in [0.29, 0.717) is 11.7 Å². The van der Waals surface area contributed by atoms with Crippen molar-refractivity contribution in [2.45, 2.75) is 13.0 Å². The molecule has 70 valence electrons. The smallest absolute Gasteiger partial charge is 0.171 e. The van der Waals surface area contributed by atoms with E-state index in [-0.39, 0.29) is 0 Å². The molecule has 1 fully saturated rings. The van der Waals surface area contributed by atoms with Gasteiger partial charge in [-0.2, -0.15) is 0 Å². The lowest BCUT2D eigenvalue weighted by Gasteiger charge is -2.37. The molecule has 1 aromatic rings. The van der Waals surface area contributed by atoms with Crippen molar-refractivity contribution in [2.24, 2.45) is 0 Å². The largest absolute Gasteiger partial charge is 0.299 e. The van der Waals surface area contributed by atoms with Gasteiger partial charge in [-0.05, 0) is 6.54 Å². The van der Waals surface area contributed by atoms with Crippen molar-refractivity contribution in [3.63, 3.8) is 0 Å². The maximum Gasteiger partial charge on any atom is 0.171 e. The minimum Gasteiger partial charge on any atom is -0.299 e. The molecule has 5 heteroatoms. The molecule has 0 aromatic carbocycles. The fourth-order valence-electron chi connectivity index (χ4n) is 1.49. The third kappa shape index (κ3) is 1.47. The number of hydrogen-bond donors (Lipinski definition) is 0. The van der Waals surface area contributed by atoms with E-state index in [1.165, 1.54) is 0 Å². The van der Waals surface area contributed by atoms with Gasteiger partial charge in [0.15, 0.2) is 6.29 Å². The van der Waals surface area contributed by atoms with Crippen LogP contribution in [0, 0.1) is 0 Å². The monoisotopic (exact) mass is 180 g/mol. The Balaban J connectivity index is 1.99. The van der Waals surface area contributed by atoms with Crippen molar-refractivity contribution in [3.05, 3.63) is 11.9 Å². The standard InChI is InChI=1S/C8H12N4O/c1-2-11-4-8(5-11)12-3-7(6-13)9-10-12/h3,6,8H,2,4-5H2,1H3. The molecule has 2 rings (SSSR count). The van der Waals surface area contributed by atoms with Gasteiger partial charge in [0.25, 0.3) is 0 Å². The first-order valence-corrected chi connectivity index (χ1v) is 4.43. The molecule has 1 aliphatic rings. The van der Waals surface area contributed by atoms with Gasteiger partial charge in [0.05, 0.1) is 12.2 Å². The van der Waals surface area contributed by atoms with Crippen LogP contribution in [0.3, 0.4) is 0 Å². The van der Waals surface area contributed by atoms with Crippen LogP contribution in [0.25, 0.3) is 0 Å². The van der Waals surface area contributed by atoms with Gasteiger partial charge in [-0.3, -0.25) is 9.69 Å². The molecule has 1 saturated heterocycles. The van der Waals surface area contributed by atoms with Crippen LogP contribution >= 0.6 is 0 Å². The van der Waals surface area contributed by atoms with Gasteiger partial charge in [-0.15, -0.1) is 5.10 Å². The minimum absolute atomic E-state index is 0.404. The molecule has 0 radical (unpaired) electrons. The number of likely N-dealkylation sites (N-methyl/N-ethyl adjacent to an activating group) is 1. The lowest BCUT2D eigenvalue weighted by molar-refractivity contribution is 0.104. The number of aromatic nitrogens is 3. The molecule has 0 N–H and O–H groups in total. The predicted molar refractivity (Wildman–Crippen MR) is 46.6 cm³/mol. The second-order valence-electron chi connectivity index (χ2n) is 3.25. The van der Waals surface area contributed by atoms with E-state index in [0.717, 1.165) is 25.9 Å². The highest BCUT2D eigenvalue weighted by Gasteiger charge is 2.27. The summed E-state index contributed by atoms with van der Waals surface area (Å²) < 4.78 is 1.77. The predicted octanol–water partition coefficient (Wildman–Crippen LogP) is -0.0328. The van der Waals surface area contributed by atoms with E-state index >= 15 is 0 Å². The van der Waals surface area contributed by atoms with Crippen LogP contribution in [0.15, 0.2) is 6.20 Å². The number of hydrogen-bond acceptors (Lipinski definition) is 4. The average Bonchev–Trinajstić information content (AvgIpc) is 2.51. The Bertz CT molecular complexity index is 303. The number of carbonyl (C=O) groups excluding carboxylic acids is 1. The Morgan fingerprint density at radius 1 is 1.69 bits per heavy atom. The second kappa shape index (κ2) is 3.26. The third-order valence-corrected chi connectivity index (χ3v) is 2.41. The maximum atomic E-state index is 10.3. The summed E-state index contributed by atoms with van der Waals surface area (Å²) >= 11 is 0. The highest BCUT2D eigenvalue weighted by molar-refractivity contribution is 5.70. The summed E-state index contributed by atoms with van der Waals surface area (Å²) in [6.07, 6.45) is 2.42. The normalized spacial score (nSPS) is 18.5. The zero-order valence-corrected chi connectivity index (χ0v) is 7.55. The molecule has 5 nitrogen and oxygen atoms in total. The molecule has 2 heterocycles. The van der Waals surface area contributed by atoms with E-state index in [4.69, 9.17) is 0 Å². The second-order valence-corrected chi connectivity index (χ2v) is 3.25. The molecule has 0 atom stereocenters. The van der Waals surface area contributed by atoms with Crippen LogP contribution < -0.4 is 0 Å². The quantitative estimate of drug-likeness (QED) is 0.613.